The van der Waals surface area contributed by atoms with Crippen LogP contribution in [-0.2, 0) is 0 Å². The molecule has 0 spiro atoms. The van der Waals surface area contributed by atoms with E-state index in [0.717, 1.165) is 16.9 Å². The van der Waals surface area contributed by atoms with Gasteiger partial charge in [0.15, 0.2) is 0 Å². The molecule has 0 aliphatic rings. The van der Waals surface area contributed by atoms with E-state index in [9.17, 15) is 0 Å². The van der Waals surface area contributed by atoms with E-state index in [1.54, 1.807) is 7.11 Å². The molecular formula is C11H14O2. The lowest BCUT2D eigenvalue weighted by molar-refractivity contribution is 0.305. The number of methoxy groups -OCH3 is 1. The van der Waals surface area contributed by atoms with Gasteiger partial charge >= 0.3 is 0 Å². The Balaban J connectivity index is 2.92. The van der Waals surface area contributed by atoms with E-state index in [-0.39, 0.29) is 6.61 Å². The van der Waals surface area contributed by atoms with E-state index >= 15 is 0 Å². The Morgan fingerprint density at radius 2 is 2.15 bits per heavy atom. The zero-order chi connectivity index (χ0) is 9.68. The summed E-state index contributed by atoms with van der Waals surface area (Å²) in [6.07, 6.45) is 0.584. The zero-order valence-electron chi connectivity index (χ0n) is 7.79. The van der Waals surface area contributed by atoms with Crippen molar-refractivity contribution in [2.24, 2.45) is 0 Å². The van der Waals surface area contributed by atoms with E-state index < -0.39 is 0 Å². The molecule has 0 amide bonds. The maximum Gasteiger partial charge on any atom is 0.126 e. The number of aliphatic hydroxyl groups is 1. The van der Waals surface area contributed by atoms with E-state index in [2.05, 4.69) is 6.58 Å². The van der Waals surface area contributed by atoms with Gasteiger partial charge in [0.1, 0.15) is 5.75 Å². The number of rotatable bonds is 4. The average molecular weight is 178 g/mol. The van der Waals surface area contributed by atoms with Gasteiger partial charge in [0.05, 0.1) is 7.11 Å². The Morgan fingerprint density at radius 1 is 1.46 bits per heavy atom. The summed E-state index contributed by atoms with van der Waals surface area (Å²) < 4.78 is 5.17. The lowest BCUT2D eigenvalue weighted by Gasteiger charge is -2.09. The fourth-order valence-electron chi connectivity index (χ4n) is 1.21. The van der Waals surface area contributed by atoms with Crippen molar-refractivity contribution in [3.05, 3.63) is 36.4 Å². The molecule has 0 aliphatic carbocycles. The van der Waals surface area contributed by atoms with Crippen molar-refractivity contribution in [1.82, 2.24) is 0 Å². The van der Waals surface area contributed by atoms with Crippen LogP contribution in [0, 0.1) is 0 Å². The molecule has 70 valence electrons. The largest absolute Gasteiger partial charge is 0.496 e. The Bertz CT molecular complexity index is 292. The third-order valence-electron chi connectivity index (χ3n) is 1.90. The highest BCUT2D eigenvalue weighted by Gasteiger charge is 2.04. The van der Waals surface area contributed by atoms with Crippen LogP contribution in [0.4, 0.5) is 0 Å². The third kappa shape index (κ3) is 2.33. The van der Waals surface area contributed by atoms with E-state index in [4.69, 9.17) is 9.84 Å². The summed E-state index contributed by atoms with van der Waals surface area (Å²) in [6.45, 7) is 4.01. The van der Waals surface area contributed by atoms with Gasteiger partial charge in [-0.15, -0.1) is 0 Å². The second-order valence-electron chi connectivity index (χ2n) is 2.78. The SMILES string of the molecule is C=C(CCO)c1ccccc1OC. The Hall–Kier alpha value is -1.28. The molecule has 1 aromatic carbocycles. The highest BCUT2D eigenvalue weighted by Crippen LogP contribution is 2.25. The minimum atomic E-state index is 0.122. The van der Waals surface area contributed by atoms with Gasteiger partial charge in [0, 0.05) is 12.2 Å². The highest BCUT2D eigenvalue weighted by atomic mass is 16.5. The van der Waals surface area contributed by atoms with Gasteiger partial charge in [-0.25, -0.2) is 0 Å². The second kappa shape index (κ2) is 4.67. The smallest absolute Gasteiger partial charge is 0.126 e. The van der Waals surface area contributed by atoms with Crippen LogP contribution in [0.25, 0.3) is 5.57 Å². The summed E-state index contributed by atoms with van der Waals surface area (Å²) >= 11 is 0. The lowest BCUT2D eigenvalue weighted by atomic mass is 10.0. The first kappa shape index (κ1) is 9.81. The van der Waals surface area contributed by atoms with Crippen LogP contribution in [0.2, 0.25) is 0 Å². The molecule has 0 fully saturated rings. The normalized spacial score (nSPS) is 9.69. The molecule has 0 atom stereocenters. The van der Waals surface area contributed by atoms with Gasteiger partial charge in [-0.1, -0.05) is 24.8 Å². The van der Waals surface area contributed by atoms with Crippen molar-refractivity contribution >= 4 is 5.57 Å². The van der Waals surface area contributed by atoms with Crippen LogP contribution in [0.3, 0.4) is 0 Å². The fraction of sp³-hybridized carbons (Fsp3) is 0.273. The second-order valence-corrected chi connectivity index (χ2v) is 2.78. The van der Waals surface area contributed by atoms with Crippen LogP contribution in [0.5, 0.6) is 5.75 Å². The van der Waals surface area contributed by atoms with Crippen molar-refractivity contribution in [3.8, 4) is 5.75 Å². The molecule has 0 radical (unpaired) electrons. The maximum absolute atomic E-state index is 8.76. The maximum atomic E-state index is 8.76. The molecule has 2 heteroatoms. The number of aliphatic hydroxyl groups excluding tert-OH is 1. The van der Waals surface area contributed by atoms with Crippen LogP contribution in [0.15, 0.2) is 30.8 Å². The molecule has 13 heavy (non-hydrogen) atoms. The Morgan fingerprint density at radius 3 is 2.77 bits per heavy atom. The van der Waals surface area contributed by atoms with Crippen molar-refractivity contribution < 1.29 is 9.84 Å². The summed E-state index contributed by atoms with van der Waals surface area (Å²) in [5.41, 5.74) is 1.87. The van der Waals surface area contributed by atoms with E-state index in [0.29, 0.717) is 6.42 Å². The van der Waals surface area contributed by atoms with Gasteiger partial charge in [-0.05, 0) is 18.1 Å². The molecule has 0 saturated carbocycles. The summed E-state index contributed by atoms with van der Waals surface area (Å²) in [6, 6.07) is 7.67. The number of hydrogen-bond donors (Lipinski definition) is 1. The molecule has 0 heterocycles. The predicted molar refractivity (Wildman–Crippen MR) is 53.7 cm³/mol. The molecule has 0 bridgehead atoms. The summed E-state index contributed by atoms with van der Waals surface area (Å²) in [5, 5.41) is 8.76. The summed E-state index contributed by atoms with van der Waals surface area (Å²) in [7, 11) is 1.63. The van der Waals surface area contributed by atoms with Crippen molar-refractivity contribution in [3.63, 3.8) is 0 Å². The van der Waals surface area contributed by atoms with Gasteiger partial charge in [0.2, 0.25) is 0 Å². The average Bonchev–Trinajstić information content (AvgIpc) is 2.18. The predicted octanol–water partition coefficient (Wildman–Crippen LogP) is 2.09. The van der Waals surface area contributed by atoms with Crippen molar-refractivity contribution in [1.29, 1.82) is 0 Å². The van der Waals surface area contributed by atoms with Crippen LogP contribution >= 0.6 is 0 Å². The van der Waals surface area contributed by atoms with Gasteiger partial charge in [0.25, 0.3) is 0 Å². The first-order chi connectivity index (χ1) is 6.29. The molecule has 1 N–H and O–H groups in total. The minimum Gasteiger partial charge on any atom is -0.496 e. The minimum absolute atomic E-state index is 0.122. The molecule has 1 rings (SSSR count). The van der Waals surface area contributed by atoms with Crippen molar-refractivity contribution in [2.45, 2.75) is 6.42 Å². The van der Waals surface area contributed by atoms with E-state index in [1.807, 2.05) is 24.3 Å². The Labute approximate surface area is 78.5 Å². The quantitative estimate of drug-likeness (QED) is 0.765. The molecule has 0 saturated heterocycles. The summed E-state index contributed by atoms with van der Waals surface area (Å²) in [5.74, 6) is 0.806. The van der Waals surface area contributed by atoms with Gasteiger partial charge in [-0.3, -0.25) is 0 Å². The zero-order valence-corrected chi connectivity index (χ0v) is 7.79. The number of ether oxygens (including phenoxy) is 1. The summed E-state index contributed by atoms with van der Waals surface area (Å²) in [4.78, 5) is 0. The lowest BCUT2D eigenvalue weighted by Crippen LogP contribution is -1.92. The standard InChI is InChI=1S/C11H14O2/c1-9(7-8-12)10-5-3-4-6-11(10)13-2/h3-6,12H,1,7-8H2,2H3. The van der Waals surface area contributed by atoms with E-state index in [1.165, 1.54) is 0 Å². The van der Waals surface area contributed by atoms with Crippen LogP contribution in [-0.4, -0.2) is 18.8 Å². The topological polar surface area (TPSA) is 29.5 Å². The molecule has 0 aliphatic heterocycles. The van der Waals surface area contributed by atoms with Crippen LogP contribution < -0.4 is 4.74 Å². The number of para-hydroxylation sites is 1. The molecular weight excluding hydrogens is 164 g/mol. The molecule has 0 aromatic heterocycles. The van der Waals surface area contributed by atoms with Crippen LogP contribution in [0.1, 0.15) is 12.0 Å². The molecule has 0 unspecified atom stereocenters. The molecule has 2 nitrogen and oxygen atoms in total. The highest BCUT2D eigenvalue weighted by molar-refractivity contribution is 5.68. The monoisotopic (exact) mass is 178 g/mol. The van der Waals surface area contributed by atoms with Gasteiger partial charge in [-0.2, -0.15) is 0 Å². The van der Waals surface area contributed by atoms with Gasteiger partial charge < -0.3 is 9.84 Å². The van der Waals surface area contributed by atoms with Crippen molar-refractivity contribution in [2.75, 3.05) is 13.7 Å². The first-order valence-corrected chi connectivity index (χ1v) is 4.21. The first-order valence-electron chi connectivity index (χ1n) is 4.21. The molecule has 1 aromatic rings. The number of hydrogen-bond acceptors (Lipinski definition) is 2. The number of benzene rings is 1. The fourth-order valence-corrected chi connectivity index (χ4v) is 1.21. The third-order valence-corrected chi connectivity index (χ3v) is 1.90. The Kier molecular flexibility index (Phi) is 3.53.